The van der Waals surface area contributed by atoms with Crippen molar-refractivity contribution in [3.05, 3.63) is 58.6 Å². The van der Waals surface area contributed by atoms with E-state index in [-0.39, 0.29) is 18.4 Å². The van der Waals surface area contributed by atoms with Crippen LogP contribution in [0.25, 0.3) is 0 Å². The molecule has 0 aliphatic carbocycles. The van der Waals surface area contributed by atoms with Crippen molar-refractivity contribution >= 4 is 33.4 Å². The highest BCUT2D eigenvalue weighted by Crippen LogP contribution is 2.14. The average Bonchev–Trinajstić information content (AvgIpc) is 2.54. The van der Waals surface area contributed by atoms with Gasteiger partial charge in [0.25, 0.3) is 5.91 Å². The van der Waals surface area contributed by atoms with Crippen molar-refractivity contribution < 1.29 is 14.3 Å². The zero-order valence-corrected chi connectivity index (χ0v) is 13.5. The molecule has 114 valence electrons. The molecule has 2 N–H and O–H groups in total. The summed E-state index contributed by atoms with van der Waals surface area (Å²) in [5.41, 5.74) is 1.14. The molecule has 2 aromatic rings. The molecule has 2 amide bonds. The number of hydrogen-bond acceptors (Lipinski definition) is 3. The van der Waals surface area contributed by atoms with E-state index in [0.717, 1.165) is 4.47 Å². The second kappa shape index (κ2) is 7.61. The van der Waals surface area contributed by atoms with Gasteiger partial charge in [0, 0.05) is 15.7 Å². The number of ether oxygens (including phenoxy) is 1. The van der Waals surface area contributed by atoms with E-state index in [1.165, 1.54) is 0 Å². The molecule has 0 spiro atoms. The van der Waals surface area contributed by atoms with Crippen molar-refractivity contribution in [3.8, 4) is 5.75 Å². The van der Waals surface area contributed by atoms with E-state index in [4.69, 9.17) is 4.74 Å². The molecule has 0 unspecified atom stereocenters. The lowest BCUT2D eigenvalue weighted by atomic mass is 10.2. The van der Waals surface area contributed by atoms with Gasteiger partial charge in [-0.1, -0.05) is 15.9 Å². The molecule has 0 saturated carbocycles. The van der Waals surface area contributed by atoms with Crippen LogP contribution in [0.15, 0.2) is 53.0 Å². The summed E-state index contributed by atoms with van der Waals surface area (Å²) >= 11 is 3.30. The van der Waals surface area contributed by atoms with E-state index in [1.807, 2.05) is 0 Å². The van der Waals surface area contributed by atoms with Crippen LogP contribution in [0.2, 0.25) is 0 Å². The molecule has 0 bridgehead atoms. The molecule has 22 heavy (non-hydrogen) atoms. The number of anilines is 1. The van der Waals surface area contributed by atoms with Gasteiger partial charge < -0.3 is 15.4 Å². The van der Waals surface area contributed by atoms with Gasteiger partial charge in [-0.25, -0.2) is 0 Å². The Balaban J connectivity index is 1.84. The van der Waals surface area contributed by atoms with Crippen LogP contribution in [0.5, 0.6) is 5.75 Å². The predicted molar refractivity (Wildman–Crippen MR) is 88.1 cm³/mol. The molecular formula is C16H15BrN2O3. The SMILES string of the molecule is COc1ccc(NC(=O)CNC(=O)c2ccc(Br)cc2)cc1. The minimum atomic E-state index is -0.296. The molecular weight excluding hydrogens is 348 g/mol. The third-order valence-corrected chi connectivity index (χ3v) is 3.42. The van der Waals surface area contributed by atoms with E-state index >= 15 is 0 Å². The largest absolute Gasteiger partial charge is 0.497 e. The van der Waals surface area contributed by atoms with Gasteiger partial charge in [0.15, 0.2) is 0 Å². The van der Waals surface area contributed by atoms with Crippen LogP contribution in [-0.2, 0) is 4.79 Å². The standard InChI is InChI=1S/C16H15BrN2O3/c1-22-14-8-6-13(7-9-14)19-15(20)10-18-16(21)11-2-4-12(17)5-3-11/h2-9H,10H2,1H3,(H,18,21)(H,19,20). The van der Waals surface area contributed by atoms with Crippen molar-refractivity contribution in [3.63, 3.8) is 0 Å². The van der Waals surface area contributed by atoms with E-state index < -0.39 is 0 Å². The average molecular weight is 363 g/mol. The summed E-state index contributed by atoms with van der Waals surface area (Å²) in [7, 11) is 1.57. The fourth-order valence-electron chi connectivity index (χ4n) is 1.74. The topological polar surface area (TPSA) is 67.4 Å². The number of halogens is 1. The van der Waals surface area contributed by atoms with Gasteiger partial charge in [0.1, 0.15) is 5.75 Å². The Labute approximate surface area is 136 Å². The Bertz CT molecular complexity index is 654. The number of carbonyl (C=O) groups excluding carboxylic acids is 2. The van der Waals surface area contributed by atoms with E-state index in [2.05, 4.69) is 26.6 Å². The van der Waals surface area contributed by atoms with Crippen LogP contribution in [0.3, 0.4) is 0 Å². The molecule has 0 radical (unpaired) electrons. The van der Waals surface area contributed by atoms with E-state index in [1.54, 1.807) is 55.6 Å². The van der Waals surface area contributed by atoms with Crippen LogP contribution in [0.1, 0.15) is 10.4 Å². The second-order valence-corrected chi connectivity index (χ2v) is 5.38. The van der Waals surface area contributed by atoms with Gasteiger partial charge in [0.2, 0.25) is 5.91 Å². The molecule has 0 aliphatic heterocycles. The zero-order valence-electron chi connectivity index (χ0n) is 11.9. The number of benzene rings is 2. The van der Waals surface area contributed by atoms with Crippen molar-refractivity contribution in [2.24, 2.45) is 0 Å². The number of nitrogens with one attached hydrogen (secondary N) is 2. The quantitative estimate of drug-likeness (QED) is 0.859. The maximum absolute atomic E-state index is 11.9. The van der Waals surface area contributed by atoms with Crippen molar-refractivity contribution in [1.29, 1.82) is 0 Å². The predicted octanol–water partition coefficient (Wildman–Crippen LogP) is 2.83. The lowest BCUT2D eigenvalue weighted by molar-refractivity contribution is -0.115. The van der Waals surface area contributed by atoms with E-state index in [0.29, 0.717) is 17.0 Å². The molecule has 2 rings (SSSR count). The lowest BCUT2D eigenvalue weighted by Crippen LogP contribution is -2.32. The minimum absolute atomic E-state index is 0.0963. The van der Waals surface area contributed by atoms with Crippen LogP contribution < -0.4 is 15.4 Å². The minimum Gasteiger partial charge on any atom is -0.497 e. The third kappa shape index (κ3) is 4.60. The highest BCUT2D eigenvalue weighted by molar-refractivity contribution is 9.10. The summed E-state index contributed by atoms with van der Waals surface area (Å²) in [6.45, 7) is -0.0963. The van der Waals surface area contributed by atoms with Crippen LogP contribution in [-0.4, -0.2) is 25.5 Å². The highest BCUT2D eigenvalue weighted by Gasteiger charge is 2.08. The Morgan fingerprint density at radius 2 is 1.68 bits per heavy atom. The molecule has 0 heterocycles. The Morgan fingerprint density at radius 3 is 2.27 bits per heavy atom. The molecule has 0 aromatic heterocycles. The number of carbonyl (C=O) groups is 2. The summed E-state index contributed by atoms with van der Waals surface area (Å²) in [5.74, 6) is 0.120. The maximum Gasteiger partial charge on any atom is 0.251 e. The van der Waals surface area contributed by atoms with Crippen LogP contribution in [0, 0.1) is 0 Å². The van der Waals surface area contributed by atoms with Gasteiger partial charge in [-0.05, 0) is 48.5 Å². The monoisotopic (exact) mass is 362 g/mol. The Hall–Kier alpha value is -2.34. The van der Waals surface area contributed by atoms with Gasteiger partial charge in [-0.3, -0.25) is 9.59 Å². The van der Waals surface area contributed by atoms with Gasteiger partial charge >= 0.3 is 0 Å². The number of methoxy groups -OCH3 is 1. The van der Waals surface area contributed by atoms with Crippen molar-refractivity contribution in [2.75, 3.05) is 19.0 Å². The molecule has 5 nitrogen and oxygen atoms in total. The van der Waals surface area contributed by atoms with Gasteiger partial charge in [-0.15, -0.1) is 0 Å². The molecule has 0 atom stereocenters. The highest BCUT2D eigenvalue weighted by atomic mass is 79.9. The van der Waals surface area contributed by atoms with E-state index in [9.17, 15) is 9.59 Å². The first-order valence-electron chi connectivity index (χ1n) is 6.56. The summed E-state index contributed by atoms with van der Waals surface area (Å²) in [6, 6.07) is 13.9. The molecule has 0 saturated heterocycles. The summed E-state index contributed by atoms with van der Waals surface area (Å²) in [5, 5.41) is 5.26. The fraction of sp³-hybridized carbons (Fsp3) is 0.125. The molecule has 0 aliphatic rings. The first-order chi connectivity index (χ1) is 10.6. The zero-order chi connectivity index (χ0) is 15.9. The Kier molecular flexibility index (Phi) is 5.55. The van der Waals surface area contributed by atoms with Gasteiger partial charge in [0.05, 0.1) is 13.7 Å². The van der Waals surface area contributed by atoms with Gasteiger partial charge in [-0.2, -0.15) is 0 Å². The van der Waals surface area contributed by atoms with Crippen LogP contribution >= 0.6 is 15.9 Å². The first kappa shape index (κ1) is 16.0. The Morgan fingerprint density at radius 1 is 1.05 bits per heavy atom. The maximum atomic E-state index is 11.9. The first-order valence-corrected chi connectivity index (χ1v) is 7.35. The summed E-state index contributed by atoms with van der Waals surface area (Å²) < 4.78 is 5.93. The molecule has 2 aromatic carbocycles. The molecule has 6 heteroatoms. The second-order valence-electron chi connectivity index (χ2n) is 4.47. The number of hydrogen-bond donors (Lipinski definition) is 2. The summed E-state index contributed by atoms with van der Waals surface area (Å²) in [4.78, 5) is 23.7. The lowest BCUT2D eigenvalue weighted by Gasteiger charge is -2.08. The van der Waals surface area contributed by atoms with Crippen LogP contribution in [0.4, 0.5) is 5.69 Å². The molecule has 0 fully saturated rings. The smallest absolute Gasteiger partial charge is 0.251 e. The third-order valence-electron chi connectivity index (χ3n) is 2.89. The number of amides is 2. The summed E-state index contributed by atoms with van der Waals surface area (Å²) in [6.07, 6.45) is 0. The number of rotatable bonds is 5. The van der Waals surface area contributed by atoms with Crippen molar-refractivity contribution in [2.45, 2.75) is 0 Å². The van der Waals surface area contributed by atoms with Crippen molar-refractivity contribution in [1.82, 2.24) is 5.32 Å². The normalized spacial score (nSPS) is 9.91. The fourth-order valence-corrected chi connectivity index (χ4v) is 2.01.